The molecule has 1 aliphatic rings. The Labute approximate surface area is 135 Å². The van der Waals surface area contributed by atoms with Crippen molar-refractivity contribution in [2.75, 3.05) is 13.2 Å². The molecule has 1 heterocycles. The van der Waals surface area contributed by atoms with Crippen molar-refractivity contribution in [3.8, 4) is 0 Å². The molecular formula is C18H33N3O. The van der Waals surface area contributed by atoms with Gasteiger partial charge in [-0.25, -0.2) is 4.98 Å². The highest BCUT2D eigenvalue weighted by molar-refractivity contribution is 4.98. The number of rotatable bonds is 7. The van der Waals surface area contributed by atoms with Crippen LogP contribution in [0.5, 0.6) is 0 Å². The third-order valence-electron chi connectivity index (χ3n) is 5.01. The third kappa shape index (κ3) is 4.56. The first kappa shape index (κ1) is 17.5. The second-order valence-corrected chi connectivity index (χ2v) is 8.09. The lowest BCUT2D eigenvalue weighted by atomic mass is 9.64. The molecule has 0 aliphatic heterocycles. The number of aryl methyl sites for hydroxylation is 2. The smallest absolute Gasteiger partial charge is 0.105 e. The Bertz CT molecular complexity index is 469. The highest BCUT2D eigenvalue weighted by Crippen LogP contribution is 2.43. The summed E-state index contributed by atoms with van der Waals surface area (Å²) in [5.41, 5.74) is 0.243. The van der Waals surface area contributed by atoms with Gasteiger partial charge in [-0.05, 0) is 56.9 Å². The fraction of sp³-hybridized carbons (Fsp3) is 0.833. The molecule has 2 unspecified atom stereocenters. The molecule has 1 fully saturated rings. The molecule has 1 aromatic heterocycles. The quantitative estimate of drug-likeness (QED) is 0.761. The van der Waals surface area contributed by atoms with Gasteiger partial charge in [-0.2, -0.15) is 0 Å². The molecule has 126 valence electrons. The molecule has 0 radical (unpaired) electrons. The number of aliphatic hydroxyl groups is 1. The number of nitrogens with zero attached hydrogens (tertiary/aromatic N) is 2. The van der Waals surface area contributed by atoms with Crippen molar-refractivity contribution >= 4 is 0 Å². The molecule has 2 N–H and O–H groups in total. The number of nitrogens with one attached hydrogen (secondary N) is 1. The third-order valence-corrected chi connectivity index (χ3v) is 5.01. The van der Waals surface area contributed by atoms with E-state index in [2.05, 4.69) is 35.6 Å². The Balaban J connectivity index is 1.77. The zero-order valence-electron chi connectivity index (χ0n) is 14.7. The minimum absolute atomic E-state index is 0.0773. The zero-order valence-corrected chi connectivity index (χ0v) is 14.7. The lowest BCUT2D eigenvalue weighted by molar-refractivity contribution is 0.0364. The van der Waals surface area contributed by atoms with Crippen LogP contribution in [0, 0.1) is 18.3 Å². The van der Waals surface area contributed by atoms with Gasteiger partial charge in [0.1, 0.15) is 5.82 Å². The number of hydrogen-bond donors (Lipinski definition) is 2. The molecule has 2 rings (SSSR count). The van der Waals surface area contributed by atoms with Gasteiger partial charge in [0, 0.05) is 24.5 Å². The number of hydrogen-bond acceptors (Lipinski definition) is 3. The highest BCUT2D eigenvalue weighted by Gasteiger charge is 2.41. The molecule has 4 heteroatoms. The minimum Gasteiger partial charge on any atom is -0.394 e. The van der Waals surface area contributed by atoms with Crippen molar-refractivity contribution in [1.29, 1.82) is 0 Å². The molecular weight excluding hydrogens is 274 g/mol. The summed E-state index contributed by atoms with van der Waals surface area (Å²) in [7, 11) is 0. The maximum atomic E-state index is 9.96. The predicted octanol–water partition coefficient (Wildman–Crippen LogP) is 3.14. The van der Waals surface area contributed by atoms with Crippen molar-refractivity contribution < 1.29 is 5.11 Å². The van der Waals surface area contributed by atoms with Crippen LogP contribution in [0.3, 0.4) is 0 Å². The maximum absolute atomic E-state index is 9.96. The second kappa shape index (κ2) is 7.14. The molecule has 0 aromatic carbocycles. The van der Waals surface area contributed by atoms with Gasteiger partial charge < -0.3 is 15.0 Å². The molecule has 4 nitrogen and oxygen atoms in total. The van der Waals surface area contributed by atoms with Gasteiger partial charge >= 0.3 is 0 Å². The van der Waals surface area contributed by atoms with E-state index in [1.807, 2.05) is 19.3 Å². The average molecular weight is 307 g/mol. The number of unbranched alkanes of at least 4 members (excludes halogenated alkanes) is 1. The molecule has 1 aromatic rings. The summed E-state index contributed by atoms with van der Waals surface area (Å²) in [6.45, 7) is 11.3. The van der Waals surface area contributed by atoms with Gasteiger partial charge in [-0.3, -0.25) is 0 Å². The van der Waals surface area contributed by atoms with Crippen molar-refractivity contribution in [3.63, 3.8) is 0 Å². The van der Waals surface area contributed by atoms with E-state index in [1.165, 1.54) is 6.42 Å². The van der Waals surface area contributed by atoms with E-state index in [4.69, 9.17) is 0 Å². The highest BCUT2D eigenvalue weighted by atomic mass is 16.3. The number of aromatic nitrogens is 2. The van der Waals surface area contributed by atoms with E-state index in [9.17, 15) is 5.11 Å². The summed E-state index contributed by atoms with van der Waals surface area (Å²) in [6.07, 6.45) is 9.60. The predicted molar refractivity (Wildman–Crippen MR) is 90.8 cm³/mol. The summed E-state index contributed by atoms with van der Waals surface area (Å²) in [5.74, 6) is 1.76. The molecule has 0 amide bonds. The Kier molecular flexibility index (Phi) is 5.67. The maximum Gasteiger partial charge on any atom is 0.105 e. The van der Waals surface area contributed by atoms with Crippen LogP contribution in [0.15, 0.2) is 12.4 Å². The van der Waals surface area contributed by atoms with Crippen LogP contribution in [0.25, 0.3) is 0 Å². The summed E-state index contributed by atoms with van der Waals surface area (Å²) >= 11 is 0. The normalized spacial score (nSPS) is 28.0. The van der Waals surface area contributed by atoms with E-state index < -0.39 is 0 Å². The first-order valence-electron chi connectivity index (χ1n) is 8.69. The van der Waals surface area contributed by atoms with Gasteiger partial charge in [0.2, 0.25) is 0 Å². The SMILES string of the molecule is Cc1nccn1CCCCNC1(CO)CC(C)CC(C)(C)C1. The lowest BCUT2D eigenvalue weighted by Gasteiger charge is -2.47. The van der Waals surface area contributed by atoms with Crippen LogP contribution in [-0.4, -0.2) is 33.3 Å². The Morgan fingerprint density at radius 1 is 1.36 bits per heavy atom. The molecule has 0 spiro atoms. The van der Waals surface area contributed by atoms with Crippen molar-refractivity contribution in [2.24, 2.45) is 11.3 Å². The van der Waals surface area contributed by atoms with Crippen LogP contribution in [0.2, 0.25) is 0 Å². The lowest BCUT2D eigenvalue weighted by Crippen LogP contribution is -2.55. The fourth-order valence-corrected chi connectivity index (χ4v) is 4.45. The van der Waals surface area contributed by atoms with Crippen molar-refractivity contribution in [1.82, 2.24) is 14.9 Å². The van der Waals surface area contributed by atoms with Gasteiger partial charge in [0.15, 0.2) is 0 Å². The van der Waals surface area contributed by atoms with Gasteiger partial charge in [0.05, 0.1) is 6.61 Å². The molecule has 0 bridgehead atoms. The molecule has 22 heavy (non-hydrogen) atoms. The summed E-state index contributed by atoms with van der Waals surface area (Å²) in [6, 6.07) is 0. The monoisotopic (exact) mass is 307 g/mol. The Hall–Kier alpha value is -0.870. The minimum atomic E-state index is -0.0773. The van der Waals surface area contributed by atoms with E-state index >= 15 is 0 Å². The standard InChI is InChI=1S/C18H33N3O/c1-15-11-17(3,4)13-18(12-15,14-22)20-7-5-6-9-21-10-8-19-16(21)2/h8,10,15,20,22H,5-7,9,11-14H2,1-4H3. The van der Waals surface area contributed by atoms with Crippen molar-refractivity contribution in [3.05, 3.63) is 18.2 Å². The van der Waals surface area contributed by atoms with Crippen LogP contribution >= 0.6 is 0 Å². The summed E-state index contributed by atoms with van der Waals surface area (Å²) < 4.78 is 2.20. The first-order chi connectivity index (χ1) is 10.4. The van der Waals surface area contributed by atoms with E-state index in [0.29, 0.717) is 11.3 Å². The van der Waals surface area contributed by atoms with Gasteiger partial charge in [0.25, 0.3) is 0 Å². The molecule has 0 saturated heterocycles. The van der Waals surface area contributed by atoms with E-state index in [1.54, 1.807) is 0 Å². The largest absolute Gasteiger partial charge is 0.394 e. The summed E-state index contributed by atoms with van der Waals surface area (Å²) in [4.78, 5) is 4.25. The molecule has 1 aliphatic carbocycles. The topological polar surface area (TPSA) is 50.1 Å². The number of imidazole rings is 1. The summed E-state index contributed by atoms with van der Waals surface area (Å²) in [5, 5.41) is 13.7. The zero-order chi connectivity index (χ0) is 16.2. The van der Waals surface area contributed by atoms with E-state index in [0.717, 1.165) is 44.6 Å². The fourth-order valence-electron chi connectivity index (χ4n) is 4.45. The van der Waals surface area contributed by atoms with Crippen molar-refractivity contribution in [2.45, 2.75) is 71.9 Å². The molecule has 1 saturated carbocycles. The van der Waals surface area contributed by atoms with E-state index in [-0.39, 0.29) is 12.1 Å². The van der Waals surface area contributed by atoms with Gasteiger partial charge in [-0.1, -0.05) is 20.8 Å². The Morgan fingerprint density at radius 2 is 2.14 bits per heavy atom. The van der Waals surface area contributed by atoms with Gasteiger partial charge in [-0.15, -0.1) is 0 Å². The first-order valence-corrected chi connectivity index (χ1v) is 8.69. The second-order valence-electron chi connectivity index (χ2n) is 8.09. The van der Waals surface area contributed by atoms with Crippen LogP contribution in [0.4, 0.5) is 0 Å². The number of aliphatic hydroxyl groups excluding tert-OH is 1. The van der Waals surface area contributed by atoms with Crippen LogP contribution < -0.4 is 5.32 Å². The van der Waals surface area contributed by atoms with Crippen LogP contribution in [-0.2, 0) is 6.54 Å². The Morgan fingerprint density at radius 3 is 2.73 bits per heavy atom. The van der Waals surface area contributed by atoms with Crippen LogP contribution in [0.1, 0.15) is 58.7 Å². The molecule has 2 atom stereocenters. The average Bonchev–Trinajstić information content (AvgIpc) is 2.82.